The van der Waals surface area contributed by atoms with Gasteiger partial charge in [0.1, 0.15) is 71.1 Å². The summed E-state index contributed by atoms with van der Waals surface area (Å²) in [7, 11) is 1.53. The highest BCUT2D eigenvalue weighted by Gasteiger charge is 2.46. The highest BCUT2D eigenvalue weighted by molar-refractivity contribution is 7.80. The van der Waals surface area contributed by atoms with E-state index in [2.05, 4.69) is 21.3 Å². The molecule has 0 radical (unpaired) electrons. The van der Waals surface area contributed by atoms with Crippen molar-refractivity contribution in [2.45, 2.75) is 119 Å². The summed E-state index contributed by atoms with van der Waals surface area (Å²) in [6.45, 7) is 2.45. The average Bonchev–Trinajstić information content (AvgIpc) is 0.803. The maximum Gasteiger partial charge on any atom is 0.373 e. The fourth-order valence-corrected chi connectivity index (χ4v) is 12.1. The predicted octanol–water partition coefficient (Wildman–Crippen LogP) is 3.53. The fraction of sp³-hybridized carbons (Fsp3) is 0.387. The number of nitrogens with two attached hydrogens (primary N) is 1. The van der Waals surface area contributed by atoms with Crippen molar-refractivity contribution in [3.8, 4) is 57.1 Å². The number of phenolic OH excluding ortho intramolecular Hbond substituents is 3. The summed E-state index contributed by atoms with van der Waals surface area (Å²) in [4.78, 5) is 103. The van der Waals surface area contributed by atoms with Gasteiger partial charge in [0.2, 0.25) is 35.7 Å². The first-order valence-corrected chi connectivity index (χ1v) is 29.6. The lowest BCUT2D eigenvalue weighted by atomic mass is 9.80. The van der Waals surface area contributed by atoms with E-state index in [0.717, 1.165) is 6.07 Å². The van der Waals surface area contributed by atoms with Crippen LogP contribution in [0, 0.1) is 17.8 Å². The van der Waals surface area contributed by atoms with Crippen LogP contribution < -0.4 is 41.2 Å². The van der Waals surface area contributed by atoms with E-state index >= 15 is 9.59 Å². The van der Waals surface area contributed by atoms with Gasteiger partial charge >= 0.3 is 6.15 Å². The zero-order chi connectivity index (χ0) is 66.4. The van der Waals surface area contributed by atoms with Crippen LogP contribution in [0.2, 0.25) is 10.0 Å². The van der Waals surface area contributed by atoms with Crippen molar-refractivity contribution >= 4 is 81.6 Å². The molecule has 5 aromatic carbocycles. The Morgan fingerprint density at radius 3 is 1.96 bits per heavy atom. The van der Waals surface area contributed by atoms with E-state index in [1.807, 2.05) is 13.8 Å². The summed E-state index contributed by atoms with van der Waals surface area (Å²) in [6, 6.07) is 12.1. The minimum Gasteiger partial charge on any atom is -0.508 e. The molecule has 6 aliphatic heterocycles. The van der Waals surface area contributed by atoms with Crippen molar-refractivity contribution in [1.29, 1.82) is 0 Å². The largest absolute Gasteiger partial charge is 0.508 e. The maximum atomic E-state index is 15.4. The monoisotopic (exact) mass is 1320 g/mol. The number of aliphatic hydroxyl groups excluding tert-OH is 6. The molecule has 6 aliphatic rings. The van der Waals surface area contributed by atoms with Crippen LogP contribution in [0.3, 0.4) is 0 Å². The number of benzene rings is 5. The number of nitrogens with one attached hydrogen (secondary N) is 4. The third kappa shape index (κ3) is 15.4. The van der Waals surface area contributed by atoms with Gasteiger partial charge in [-0.3, -0.25) is 28.8 Å². The highest BCUT2D eigenvalue weighted by Crippen LogP contribution is 2.50. The quantitative estimate of drug-likeness (QED) is 0.0889. The van der Waals surface area contributed by atoms with Crippen LogP contribution in [0.15, 0.2) is 78.9 Å². The number of primary amides is 1. The molecule has 5 aromatic rings. The SMILES string of the molecule is CN[C@H](CC(C)C)C(=O)N[C@H]1C(=O)C[C@@H](CC(N)=O)C(=O)N[C@H]2C(=S)C[C@@H]3C(=O)C[C@H](C(=O)NCc4cc(O)cc(O)c4-c4cc3ccc4O)[C@H](O)c3ccc(c(Cl)c3)Oc3cc2cc(c3OC2OC(CO)C(O)[C@H](O)[C@H]2O)Oc2ccc(cc2Cl)[C@H]1O.O=C=O. The lowest BCUT2D eigenvalue weighted by Gasteiger charge is -2.39. The van der Waals surface area contributed by atoms with Crippen molar-refractivity contribution in [3.05, 3.63) is 117 Å². The third-order valence-corrected chi connectivity index (χ3v) is 17.0. The molecule has 3 unspecified atom stereocenters. The molecule has 484 valence electrons. The van der Waals surface area contributed by atoms with Crippen molar-refractivity contribution in [2.24, 2.45) is 23.5 Å². The van der Waals surface area contributed by atoms with Gasteiger partial charge in [-0.05, 0) is 108 Å². The molecule has 1 fully saturated rings. The third-order valence-electron chi connectivity index (χ3n) is 16.0. The van der Waals surface area contributed by atoms with Gasteiger partial charge in [0.15, 0.2) is 17.3 Å². The lowest BCUT2D eigenvalue weighted by molar-refractivity contribution is -0.277. The summed E-state index contributed by atoms with van der Waals surface area (Å²) >= 11 is 20.3. The van der Waals surface area contributed by atoms with Crippen molar-refractivity contribution in [2.75, 3.05) is 13.7 Å². The number of halogens is 2. The first-order chi connectivity index (χ1) is 43.2. The number of fused-ring (bicyclic) bond motifs is 15. The van der Waals surface area contributed by atoms with E-state index in [0.29, 0.717) is 6.42 Å². The zero-order valence-corrected chi connectivity index (χ0v) is 51.0. The molecular weight excluding hydrogens is 1250 g/mol. The maximum absolute atomic E-state index is 15.4. The van der Waals surface area contributed by atoms with Crippen molar-refractivity contribution in [1.82, 2.24) is 21.3 Å². The average molecular weight is 1320 g/mol. The molecule has 13 atom stereocenters. The Hall–Kier alpha value is -8.15. The van der Waals surface area contributed by atoms with Gasteiger partial charge in [-0.25, -0.2) is 0 Å². The van der Waals surface area contributed by atoms with E-state index in [-0.39, 0.29) is 77.4 Å². The van der Waals surface area contributed by atoms with E-state index in [1.165, 1.54) is 79.8 Å². The minimum atomic E-state index is -2.06. The molecule has 29 heteroatoms. The number of hydrogen-bond acceptors (Lipinski definition) is 23. The number of ether oxygens (including phenoxy) is 4. The van der Waals surface area contributed by atoms with Crippen molar-refractivity contribution < 1.29 is 103 Å². The second-order valence-corrected chi connectivity index (χ2v) is 24.0. The van der Waals surface area contributed by atoms with Gasteiger partial charge in [0.05, 0.1) is 46.7 Å². The molecular formula is C62H65Cl2N5O21S. The topological polar surface area (TPSA) is 430 Å². The Bertz CT molecular complexity index is 3680. The van der Waals surface area contributed by atoms with Crippen LogP contribution in [0.4, 0.5) is 0 Å². The first kappa shape index (κ1) is 68.8. The summed E-state index contributed by atoms with van der Waals surface area (Å²) in [6.07, 6.45) is -15.4. The number of carbonyl (C=O) groups is 6. The molecule has 4 amide bonds. The molecule has 0 aliphatic carbocycles. The minimum absolute atomic E-state index is 0.000127. The fourth-order valence-electron chi connectivity index (χ4n) is 11.3. The number of ketones is 2. The number of rotatable bonds is 10. The summed E-state index contributed by atoms with van der Waals surface area (Å²) in [5.41, 5.74) is 5.76. The van der Waals surface area contributed by atoms with E-state index in [9.17, 15) is 65.1 Å². The van der Waals surface area contributed by atoms with E-state index in [1.54, 1.807) is 0 Å². The van der Waals surface area contributed by atoms with E-state index < -0.39 is 187 Å². The number of likely N-dealkylation sites (N-methyl/N-ethyl adjacent to an activating group) is 1. The Kier molecular flexibility index (Phi) is 22.2. The number of thiocarbonyl (C=S) groups is 1. The van der Waals surface area contributed by atoms with Crippen LogP contribution in [0.25, 0.3) is 11.1 Å². The van der Waals surface area contributed by atoms with Crippen LogP contribution in [-0.4, -0.2) is 149 Å². The van der Waals surface area contributed by atoms with Gasteiger partial charge in [0.25, 0.3) is 0 Å². The van der Waals surface area contributed by atoms with Crippen molar-refractivity contribution in [3.63, 3.8) is 0 Å². The number of aromatic hydroxyl groups is 3. The predicted molar refractivity (Wildman–Crippen MR) is 323 cm³/mol. The Morgan fingerprint density at radius 1 is 0.758 bits per heavy atom. The number of amides is 4. The Morgan fingerprint density at radius 2 is 1.37 bits per heavy atom. The summed E-state index contributed by atoms with van der Waals surface area (Å²) in [5, 5.41) is 112. The van der Waals surface area contributed by atoms with E-state index in [4.69, 9.17) is 69.7 Å². The highest BCUT2D eigenvalue weighted by atomic mass is 35.5. The molecule has 15 N–H and O–H groups in total. The standard InChI is InChI=1S/C61H65Cl2N5O19S.CO2/c1-24(2)10-37(65-3)60(83)68-51-41(74)15-29(18-48(64)75)58(81)67-50-28-16-44(57(87-61-56(80)55(79)54(78)46(23-69)86-61)45(17-28)85-43-9-6-27(53(51)77)14-36(43)63)84-42-8-5-26(13-35(42)62)52(76)34-20-39(72)32(21-47(50)88)25-4-7-38(71)33(12-25)49-30(22-66-59(34)82)11-31(70)19-40(49)73;2-1-3/h4-9,11-14,16-17,19,24,29,32,34,37,46,50-56,61,65,69-71,73,76-80H,10,15,18,20-23H2,1-3H3,(H2,64,75)(H,66,82)(H,67,81)(H,68,83);/t29-,32-,34-,37+,46?,50+,51-,52+,53+,54?,55-,56+,61?;/m0./s1. The van der Waals surface area contributed by atoms with Crippen LogP contribution in [-0.2, 0) is 49.6 Å². The van der Waals surface area contributed by atoms with Gasteiger partial charge in [-0.2, -0.15) is 9.59 Å². The molecule has 1 saturated heterocycles. The summed E-state index contributed by atoms with van der Waals surface area (Å²) < 4.78 is 25.3. The van der Waals surface area contributed by atoms with Crippen LogP contribution in [0.5, 0.6) is 46.0 Å². The summed E-state index contributed by atoms with van der Waals surface area (Å²) in [5.74, 6) is -13.3. The van der Waals surface area contributed by atoms with Gasteiger partial charge in [-0.1, -0.05) is 67.5 Å². The van der Waals surface area contributed by atoms with Crippen LogP contribution >= 0.6 is 35.4 Å². The first-order valence-electron chi connectivity index (χ1n) is 28.4. The van der Waals surface area contributed by atoms with Gasteiger partial charge < -0.3 is 91.9 Å². The van der Waals surface area contributed by atoms with Crippen LogP contribution in [0.1, 0.15) is 97.9 Å². The molecule has 91 heavy (non-hydrogen) atoms. The smallest absolute Gasteiger partial charge is 0.373 e. The normalized spacial score (nSPS) is 25.4. The number of phenols is 3. The molecule has 0 saturated carbocycles. The molecule has 6 heterocycles. The van der Waals surface area contributed by atoms with Gasteiger partial charge in [-0.15, -0.1) is 0 Å². The Balaban J connectivity index is 0.00000349. The lowest BCUT2D eigenvalue weighted by Crippen LogP contribution is -2.60. The molecule has 26 nitrogen and oxygen atoms in total. The number of hydrogen-bond donors (Lipinski definition) is 14. The molecule has 0 spiro atoms. The number of aliphatic hydroxyl groups is 6. The van der Waals surface area contributed by atoms with Gasteiger partial charge in [0, 0.05) is 53.8 Å². The number of carbonyl (C=O) groups excluding carboxylic acids is 8. The zero-order valence-electron chi connectivity index (χ0n) is 48.7. The molecule has 11 rings (SSSR count). The molecule has 11 bridgehead atoms. The molecule has 0 aromatic heterocycles. The second kappa shape index (κ2) is 29.4. The second-order valence-electron chi connectivity index (χ2n) is 22.6. The number of Topliss-reactive ketones (excluding diaryl/α,β-unsaturated/α-hetero) is 2. The Labute approximate surface area is 534 Å².